The van der Waals surface area contributed by atoms with Crippen molar-refractivity contribution in [1.82, 2.24) is 4.57 Å². The van der Waals surface area contributed by atoms with Gasteiger partial charge in [-0.2, -0.15) is 0 Å². The second kappa shape index (κ2) is 7.26. The van der Waals surface area contributed by atoms with Gasteiger partial charge in [-0.15, -0.1) is 0 Å². The number of carbonyl (C=O) groups is 1. The van der Waals surface area contributed by atoms with E-state index < -0.39 is 0 Å². The minimum atomic E-state index is 0.0655. The zero-order valence-corrected chi connectivity index (χ0v) is 14.7. The van der Waals surface area contributed by atoms with E-state index in [4.69, 9.17) is 4.74 Å². The molecule has 0 atom stereocenters. The third kappa shape index (κ3) is 3.74. The van der Waals surface area contributed by atoms with E-state index in [2.05, 4.69) is 5.32 Å². The Bertz CT molecular complexity index is 882. The topological polar surface area (TPSA) is 43.3 Å². The molecule has 0 fully saturated rings. The molecule has 128 valence electrons. The maximum absolute atomic E-state index is 12.6. The van der Waals surface area contributed by atoms with E-state index in [0.29, 0.717) is 5.75 Å². The number of para-hydroxylation sites is 3. The normalized spacial score (nSPS) is 10.5. The van der Waals surface area contributed by atoms with Gasteiger partial charge in [-0.1, -0.05) is 30.3 Å². The molecule has 4 nitrogen and oxygen atoms in total. The van der Waals surface area contributed by atoms with Crippen molar-refractivity contribution in [3.05, 3.63) is 77.6 Å². The van der Waals surface area contributed by atoms with Crippen LogP contribution in [-0.2, 0) is 7.05 Å². The summed E-state index contributed by atoms with van der Waals surface area (Å²) in [5.41, 5.74) is 3.62. The van der Waals surface area contributed by atoms with Crippen LogP contribution in [0.4, 0.5) is 5.69 Å². The highest BCUT2D eigenvalue weighted by Gasteiger charge is 2.14. The summed E-state index contributed by atoms with van der Waals surface area (Å²) in [5.74, 6) is 1.52. The third-order valence-corrected chi connectivity index (χ3v) is 4.37. The van der Waals surface area contributed by atoms with Gasteiger partial charge in [0.05, 0.1) is 12.2 Å². The lowest BCUT2D eigenvalue weighted by Crippen LogP contribution is -2.15. The molecule has 1 aromatic heterocycles. The molecule has 0 bridgehead atoms. The number of benzene rings is 2. The Kier molecular flexibility index (Phi) is 4.89. The van der Waals surface area contributed by atoms with Gasteiger partial charge in [0, 0.05) is 24.0 Å². The monoisotopic (exact) mass is 334 g/mol. The van der Waals surface area contributed by atoms with Crippen LogP contribution in [0.1, 0.15) is 21.7 Å². The Balaban J connectivity index is 1.73. The number of Topliss-reactive ketones (excluding diaryl/α,β-unsaturated/α-hetero) is 1. The average Bonchev–Trinajstić information content (AvgIpc) is 2.89. The minimum absolute atomic E-state index is 0.0655. The highest BCUT2D eigenvalue weighted by molar-refractivity contribution is 6.00. The van der Waals surface area contributed by atoms with Gasteiger partial charge in [0.25, 0.3) is 0 Å². The first kappa shape index (κ1) is 16.8. The quantitative estimate of drug-likeness (QED) is 0.663. The van der Waals surface area contributed by atoms with Gasteiger partial charge >= 0.3 is 0 Å². The van der Waals surface area contributed by atoms with Gasteiger partial charge in [-0.3, -0.25) is 4.79 Å². The van der Waals surface area contributed by atoms with Crippen molar-refractivity contribution in [2.75, 3.05) is 11.9 Å². The first-order valence-electron chi connectivity index (χ1n) is 8.28. The van der Waals surface area contributed by atoms with E-state index in [0.717, 1.165) is 28.4 Å². The van der Waals surface area contributed by atoms with Crippen molar-refractivity contribution >= 4 is 11.5 Å². The summed E-state index contributed by atoms with van der Waals surface area (Å²) in [6, 6.07) is 19.2. The zero-order valence-electron chi connectivity index (χ0n) is 14.7. The molecule has 0 unspecified atom stereocenters. The molecule has 4 heteroatoms. The van der Waals surface area contributed by atoms with E-state index in [1.54, 1.807) is 0 Å². The highest BCUT2D eigenvalue weighted by Crippen LogP contribution is 2.29. The fraction of sp³-hybridized carbons (Fsp3) is 0.190. The molecule has 1 heterocycles. The maximum Gasteiger partial charge on any atom is 0.183 e. The van der Waals surface area contributed by atoms with Gasteiger partial charge in [0.15, 0.2) is 11.5 Å². The molecule has 1 N–H and O–H groups in total. The van der Waals surface area contributed by atoms with Crippen LogP contribution in [0.5, 0.6) is 11.5 Å². The molecule has 3 aromatic rings. The molecule has 0 spiro atoms. The Labute approximate surface area is 148 Å². The van der Waals surface area contributed by atoms with Crippen molar-refractivity contribution in [3.8, 4) is 11.5 Å². The molecule has 0 saturated heterocycles. The molecule has 0 radical (unpaired) electrons. The fourth-order valence-corrected chi connectivity index (χ4v) is 2.73. The number of hydrogen-bond acceptors (Lipinski definition) is 3. The largest absolute Gasteiger partial charge is 0.455 e. The van der Waals surface area contributed by atoms with Crippen LogP contribution in [0.25, 0.3) is 0 Å². The Morgan fingerprint density at radius 2 is 1.72 bits per heavy atom. The zero-order chi connectivity index (χ0) is 17.8. The SMILES string of the molecule is Cc1cc(C(=O)CNc2ccccc2Oc2ccccc2)c(C)n1C. The van der Waals surface area contributed by atoms with Crippen LogP contribution >= 0.6 is 0 Å². The standard InChI is InChI=1S/C21H22N2O2/c1-15-13-18(16(2)23(15)3)20(24)14-22-19-11-7-8-12-21(19)25-17-9-5-4-6-10-17/h4-13,22H,14H2,1-3H3. The molecule has 0 saturated carbocycles. The molecule has 0 aliphatic heterocycles. The Morgan fingerprint density at radius 1 is 1.04 bits per heavy atom. The number of ether oxygens (including phenoxy) is 1. The van der Waals surface area contributed by atoms with E-state index in [1.807, 2.05) is 86.1 Å². The lowest BCUT2D eigenvalue weighted by Gasteiger charge is -2.12. The number of aromatic nitrogens is 1. The molecule has 25 heavy (non-hydrogen) atoms. The van der Waals surface area contributed by atoms with E-state index in [-0.39, 0.29) is 12.3 Å². The lowest BCUT2D eigenvalue weighted by atomic mass is 10.1. The Morgan fingerprint density at radius 3 is 2.40 bits per heavy atom. The van der Waals surface area contributed by atoms with Crippen LogP contribution in [0.3, 0.4) is 0 Å². The van der Waals surface area contributed by atoms with Crippen molar-refractivity contribution in [2.45, 2.75) is 13.8 Å². The van der Waals surface area contributed by atoms with Crippen LogP contribution in [-0.4, -0.2) is 16.9 Å². The molecule has 3 rings (SSSR count). The maximum atomic E-state index is 12.6. The van der Waals surface area contributed by atoms with Crippen molar-refractivity contribution in [3.63, 3.8) is 0 Å². The first-order valence-corrected chi connectivity index (χ1v) is 8.28. The number of ketones is 1. The number of nitrogens with zero attached hydrogens (tertiary/aromatic N) is 1. The predicted molar refractivity (Wildman–Crippen MR) is 101 cm³/mol. The number of hydrogen-bond donors (Lipinski definition) is 1. The lowest BCUT2D eigenvalue weighted by molar-refractivity contribution is 0.101. The van der Waals surface area contributed by atoms with E-state index in [1.165, 1.54) is 0 Å². The van der Waals surface area contributed by atoms with Gasteiger partial charge in [0.1, 0.15) is 5.75 Å². The smallest absolute Gasteiger partial charge is 0.183 e. The summed E-state index contributed by atoms with van der Waals surface area (Å²) < 4.78 is 7.94. The number of rotatable bonds is 6. The number of aryl methyl sites for hydroxylation is 1. The second-order valence-electron chi connectivity index (χ2n) is 6.03. The molecule has 0 aliphatic rings. The summed E-state index contributed by atoms with van der Waals surface area (Å²) >= 11 is 0. The first-order chi connectivity index (χ1) is 12.1. The second-order valence-corrected chi connectivity index (χ2v) is 6.03. The van der Waals surface area contributed by atoms with E-state index >= 15 is 0 Å². The van der Waals surface area contributed by atoms with Crippen LogP contribution in [0.15, 0.2) is 60.7 Å². The minimum Gasteiger partial charge on any atom is -0.455 e. The average molecular weight is 334 g/mol. The number of anilines is 1. The Hall–Kier alpha value is -3.01. The van der Waals surface area contributed by atoms with Crippen molar-refractivity contribution in [2.24, 2.45) is 7.05 Å². The third-order valence-electron chi connectivity index (χ3n) is 4.37. The molecule has 2 aromatic carbocycles. The van der Waals surface area contributed by atoms with E-state index in [9.17, 15) is 4.79 Å². The van der Waals surface area contributed by atoms with Crippen LogP contribution in [0.2, 0.25) is 0 Å². The number of carbonyl (C=O) groups excluding carboxylic acids is 1. The summed E-state index contributed by atoms with van der Waals surface area (Å²) in [5, 5.41) is 3.20. The van der Waals surface area contributed by atoms with Gasteiger partial charge < -0.3 is 14.6 Å². The summed E-state index contributed by atoms with van der Waals surface area (Å²) in [6.45, 7) is 4.19. The van der Waals surface area contributed by atoms with Crippen molar-refractivity contribution < 1.29 is 9.53 Å². The number of nitrogens with one attached hydrogen (secondary N) is 1. The molecule has 0 aliphatic carbocycles. The highest BCUT2D eigenvalue weighted by atomic mass is 16.5. The van der Waals surface area contributed by atoms with Gasteiger partial charge in [-0.05, 0) is 44.2 Å². The van der Waals surface area contributed by atoms with Crippen LogP contribution in [0, 0.1) is 13.8 Å². The van der Waals surface area contributed by atoms with Crippen LogP contribution < -0.4 is 10.1 Å². The summed E-state index contributed by atoms with van der Waals surface area (Å²) in [7, 11) is 1.97. The van der Waals surface area contributed by atoms with Gasteiger partial charge in [-0.25, -0.2) is 0 Å². The molecular weight excluding hydrogens is 312 g/mol. The molecular formula is C21H22N2O2. The van der Waals surface area contributed by atoms with Crippen molar-refractivity contribution in [1.29, 1.82) is 0 Å². The predicted octanol–water partition coefficient (Wildman–Crippen LogP) is 4.73. The fourth-order valence-electron chi connectivity index (χ4n) is 2.73. The van der Waals surface area contributed by atoms with Gasteiger partial charge in [0.2, 0.25) is 0 Å². The molecule has 0 amide bonds. The summed E-state index contributed by atoms with van der Waals surface area (Å²) in [6.07, 6.45) is 0. The summed E-state index contributed by atoms with van der Waals surface area (Å²) in [4.78, 5) is 12.6.